The Bertz CT molecular complexity index is 421. The lowest BCUT2D eigenvalue weighted by atomic mass is 9.78. The van der Waals surface area contributed by atoms with Crippen LogP contribution in [-0.4, -0.2) is 0 Å². The van der Waals surface area contributed by atoms with E-state index < -0.39 is 0 Å². The van der Waals surface area contributed by atoms with Gasteiger partial charge in [0.1, 0.15) is 0 Å². The van der Waals surface area contributed by atoms with Crippen LogP contribution in [0.4, 0.5) is 0 Å². The van der Waals surface area contributed by atoms with Gasteiger partial charge in [-0.1, -0.05) is 43.7 Å². The summed E-state index contributed by atoms with van der Waals surface area (Å²) < 4.78 is 0. The molecule has 0 amide bonds. The van der Waals surface area contributed by atoms with Crippen LogP contribution in [0, 0.1) is 35.0 Å². The molecule has 0 aliphatic heterocycles. The quantitative estimate of drug-likeness (QED) is 0.336. The zero-order valence-corrected chi connectivity index (χ0v) is 14.1. The van der Waals surface area contributed by atoms with E-state index in [9.17, 15) is 0 Å². The molecule has 0 aromatic heterocycles. The molecule has 2 aliphatic carbocycles. The second kappa shape index (κ2) is 9.67. The van der Waals surface area contributed by atoms with Crippen molar-refractivity contribution in [2.24, 2.45) is 23.7 Å². The minimum Gasteiger partial charge on any atom is -0.193 e. The molecular formula is C21H31N. The first-order chi connectivity index (χ1) is 10.8. The van der Waals surface area contributed by atoms with Gasteiger partial charge in [0, 0.05) is 6.08 Å². The van der Waals surface area contributed by atoms with Gasteiger partial charge in [-0.15, -0.1) is 0 Å². The van der Waals surface area contributed by atoms with Gasteiger partial charge >= 0.3 is 0 Å². The molecule has 0 aromatic carbocycles. The van der Waals surface area contributed by atoms with Crippen molar-refractivity contribution in [2.45, 2.75) is 64.7 Å². The standard InChI is InChI=1S/C21H31N/c1-2-18-7-9-20(10-8-18)15-16-21-13-11-19(12-14-21)6-4-3-5-17-22/h3-6,15-16,18-21H,2,7-14H2,1H3/b5-3+,6-4+,16-15+/t18?,19-,20?,21-. The third-order valence-corrected chi connectivity index (χ3v) is 5.61. The Balaban J connectivity index is 1.67. The Hall–Kier alpha value is -1.29. The van der Waals surface area contributed by atoms with E-state index >= 15 is 0 Å². The van der Waals surface area contributed by atoms with Crippen LogP contribution in [-0.2, 0) is 0 Å². The van der Waals surface area contributed by atoms with Gasteiger partial charge in [-0.05, 0) is 75.0 Å². The van der Waals surface area contributed by atoms with E-state index in [0.29, 0.717) is 5.92 Å². The van der Waals surface area contributed by atoms with Crippen LogP contribution < -0.4 is 0 Å². The van der Waals surface area contributed by atoms with Crippen LogP contribution in [0.2, 0.25) is 0 Å². The summed E-state index contributed by atoms with van der Waals surface area (Å²) in [6, 6.07) is 2.03. The van der Waals surface area contributed by atoms with E-state index in [2.05, 4.69) is 25.2 Å². The normalized spacial score (nSPS) is 33.6. The fourth-order valence-corrected chi connectivity index (χ4v) is 3.95. The summed E-state index contributed by atoms with van der Waals surface area (Å²) in [4.78, 5) is 0. The minimum atomic E-state index is 0.716. The first-order valence-corrected chi connectivity index (χ1v) is 9.23. The summed E-state index contributed by atoms with van der Waals surface area (Å²) >= 11 is 0. The Morgan fingerprint density at radius 3 is 1.77 bits per heavy atom. The molecule has 0 unspecified atom stereocenters. The lowest BCUT2D eigenvalue weighted by molar-refractivity contribution is 0.301. The number of allylic oxidation sites excluding steroid dienone is 6. The maximum atomic E-state index is 8.45. The molecule has 0 aromatic rings. The zero-order valence-electron chi connectivity index (χ0n) is 14.1. The summed E-state index contributed by atoms with van der Waals surface area (Å²) in [5.74, 6) is 3.38. The Morgan fingerprint density at radius 1 is 0.773 bits per heavy atom. The first-order valence-electron chi connectivity index (χ1n) is 9.23. The molecular weight excluding hydrogens is 266 g/mol. The van der Waals surface area contributed by atoms with Gasteiger partial charge in [-0.2, -0.15) is 5.26 Å². The lowest BCUT2D eigenvalue weighted by Crippen LogP contribution is -2.14. The van der Waals surface area contributed by atoms with Crippen LogP contribution in [0.5, 0.6) is 0 Å². The molecule has 22 heavy (non-hydrogen) atoms. The first kappa shape index (κ1) is 17.1. The van der Waals surface area contributed by atoms with Crippen LogP contribution in [0.25, 0.3) is 0 Å². The fraction of sp³-hybridized carbons (Fsp3) is 0.667. The van der Waals surface area contributed by atoms with Crippen molar-refractivity contribution in [1.82, 2.24) is 0 Å². The molecule has 0 radical (unpaired) electrons. The maximum Gasteiger partial charge on any atom is 0.0912 e. The van der Waals surface area contributed by atoms with E-state index in [4.69, 9.17) is 5.26 Å². The van der Waals surface area contributed by atoms with Crippen LogP contribution in [0.15, 0.2) is 36.5 Å². The van der Waals surface area contributed by atoms with E-state index in [1.807, 2.05) is 18.2 Å². The molecule has 1 heteroatoms. The van der Waals surface area contributed by atoms with Crippen LogP contribution in [0.3, 0.4) is 0 Å². The molecule has 0 saturated heterocycles. The average Bonchev–Trinajstić information content (AvgIpc) is 2.58. The van der Waals surface area contributed by atoms with Crippen molar-refractivity contribution in [3.63, 3.8) is 0 Å². The van der Waals surface area contributed by atoms with Gasteiger partial charge < -0.3 is 0 Å². The summed E-state index contributed by atoms with van der Waals surface area (Å²) in [7, 11) is 0. The number of nitriles is 1. The highest BCUT2D eigenvalue weighted by Crippen LogP contribution is 2.34. The number of nitrogens with zero attached hydrogens (tertiary/aromatic N) is 1. The third-order valence-electron chi connectivity index (χ3n) is 5.61. The number of rotatable bonds is 5. The maximum absolute atomic E-state index is 8.45. The highest BCUT2D eigenvalue weighted by Gasteiger charge is 2.20. The molecule has 0 heterocycles. The largest absolute Gasteiger partial charge is 0.193 e. The number of hydrogen-bond acceptors (Lipinski definition) is 1. The highest BCUT2D eigenvalue weighted by molar-refractivity contribution is 5.12. The summed E-state index contributed by atoms with van der Waals surface area (Å²) in [5.41, 5.74) is 0. The van der Waals surface area contributed by atoms with Gasteiger partial charge in [0.25, 0.3) is 0 Å². The topological polar surface area (TPSA) is 23.8 Å². The summed E-state index contributed by atoms with van der Waals surface area (Å²) in [6.07, 6.45) is 25.1. The van der Waals surface area contributed by atoms with E-state index in [0.717, 1.165) is 17.8 Å². The van der Waals surface area contributed by atoms with Crippen molar-refractivity contribution in [1.29, 1.82) is 5.26 Å². The van der Waals surface area contributed by atoms with Crippen molar-refractivity contribution in [3.05, 3.63) is 36.5 Å². The van der Waals surface area contributed by atoms with Crippen molar-refractivity contribution in [3.8, 4) is 6.07 Å². The zero-order chi connectivity index (χ0) is 15.6. The second-order valence-electron chi connectivity index (χ2n) is 7.12. The van der Waals surface area contributed by atoms with Gasteiger partial charge in [-0.3, -0.25) is 0 Å². The second-order valence-corrected chi connectivity index (χ2v) is 7.12. The minimum absolute atomic E-state index is 0.716. The molecule has 1 nitrogen and oxygen atoms in total. The predicted octanol–water partition coefficient (Wildman–Crippen LogP) is 6.20. The van der Waals surface area contributed by atoms with Gasteiger partial charge in [-0.25, -0.2) is 0 Å². The van der Waals surface area contributed by atoms with Crippen molar-refractivity contribution >= 4 is 0 Å². The summed E-state index contributed by atoms with van der Waals surface area (Å²) in [5, 5.41) is 8.45. The van der Waals surface area contributed by atoms with Crippen molar-refractivity contribution < 1.29 is 0 Å². The Morgan fingerprint density at radius 2 is 1.27 bits per heavy atom. The molecule has 0 spiro atoms. The molecule has 120 valence electrons. The van der Waals surface area contributed by atoms with E-state index in [-0.39, 0.29) is 0 Å². The van der Waals surface area contributed by atoms with Crippen LogP contribution >= 0.6 is 0 Å². The molecule has 0 N–H and O–H groups in total. The Labute approximate surface area is 136 Å². The highest BCUT2D eigenvalue weighted by atomic mass is 14.3. The molecule has 2 saturated carbocycles. The smallest absolute Gasteiger partial charge is 0.0912 e. The Kier molecular flexibility index (Phi) is 7.50. The van der Waals surface area contributed by atoms with Crippen molar-refractivity contribution in [2.75, 3.05) is 0 Å². The number of hydrogen-bond donors (Lipinski definition) is 0. The SMILES string of the molecule is CCC1CCC(/C=C/[C@H]2CC[C@H](/C=C/C=C/C#N)CC2)CC1. The average molecular weight is 297 g/mol. The monoisotopic (exact) mass is 297 g/mol. The molecule has 2 aliphatic rings. The molecule has 2 rings (SSSR count). The summed E-state index contributed by atoms with van der Waals surface area (Å²) in [6.45, 7) is 2.34. The predicted molar refractivity (Wildman–Crippen MR) is 94.2 cm³/mol. The fourth-order valence-electron chi connectivity index (χ4n) is 3.95. The van der Waals surface area contributed by atoms with Gasteiger partial charge in [0.15, 0.2) is 0 Å². The van der Waals surface area contributed by atoms with Crippen LogP contribution in [0.1, 0.15) is 64.7 Å². The van der Waals surface area contributed by atoms with E-state index in [1.165, 1.54) is 63.9 Å². The van der Waals surface area contributed by atoms with Gasteiger partial charge in [0.05, 0.1) is 6.07 Å². The van der Waals surface area contributed by atoms with Gasteiger partial charge in [0.2, 0.25) is 0 Å². The molecule has 0 bridgehead atoms. The lowest BCUT2D eigenvalue weighted by Gasteiger charge is -2.27. The molecule has 0 atom stereocenters. The van der Waals surface area contributed by atoms with E-state index in [1.54, 1.807) is 0 Å². The molecule has 2 fully saturated rings. The third kappa shape index (κ3) is 5.84.